The molecule has 0 heterocycles. The van der Waals surface area contributed by atoms with Crippen molar-refractivity contribution in [1.29, 1.82) is 0 Å². The van der Waals surface area contributed by atoms with Crippen molar-refractivity contribution in [3.8, 4) is 0 Å². The summed E-state index contributed by atoms with van der Waals surface area (Å²) in [6.07, 6.45) is 0. The van der Waals surface area contributed by atoms with Crippen molar-refractivity contribution in [1.82, 2.24) is 10.2 Å². The van der Waals surface area contributed by atoms with E-state index in [1.807, 2.05) is 42.5 Å². The molecule has 0 aliphatic heterocycles. The van der Waals surface area contributed by atoms with Crippen molar-refractivity contribution in [3.05, 3.63) is 48.0 Å². The van der Waals surface area contributed by atoms with E-state index in [1.165, 1.54) is 18.9 Å². The summed E-state index contributed by atoms with van der Waals surface area (Å²) in [5, 5.41) is 13.8. The van der Waals surface area contributed by atoms with Gasteiger partial charge in [-0.25, -0.2) is 9.59 Å². The van der Waals surface area contributed by atoms with Crippen molar-refractivity contribution in [2.45, 2.75) is 19.5 Å². The third-order valence-corrected chi connectivity index (χ3v) is 3.57. The minimum atomic E-state index is -1.03. The molecule has 0 aliphatic rings. The molecule has 2 N–H and O–H groups in total. The second-order valence-electron chi connectivity index (χ2n) is 4.92. The highest BCUT2D eigenvalue weighted by molar-refractivity contribution is 5.86. The molecule has 0 fully saturated rings. The molecule has 2 rings (SSSR count). The number of amides is 2. The van der Waals surface area contributed by atoms with Crippen LogP contribution in [0.1, 0.15) is 12.5 Å². The Labute approximate surface area is 123 Å². The van der Waals surface area contributed by atoms with Crippen molar-refractivity contribution >= 4 is 22.8 Å². The number of carbonyl (C=O) groups excluding carboxylic acids is 1. The lowest BCUT2D eigenvalue weighted by atomic mass is 10.0. The molecule has 1 unspecified atom stereocenters. The van der Waals surface area contributed by atoms with Crippen molar-refractivity contribution < 1.29 is 14.7 Å². The van der Waals surface area contributed by atoms with Gasteiger partial charge in [-0.05, 0) is 23.3 Å². The molecule has 2 amide bonds. The first-order chi connectivity index (χ1) is 10.0. The number of benzene rings is 2. The molecule has 5 nitrogen and oxygen atoms in total. The van der Waals surface area contributed by atoms with E-state index in [2.05, 4.69) is 5.32 Å². The van der Waals surface area contributed by atoms with Gasteiger partial charge in [-0.2, -0.15) is 0 Å². The number of fused-ring (bicyclic) bond motifs is 1. The number of carbonyl (C=O) groups is 2. The maximum atomic E-state index is 11.9. The van der Waals surface area contributed by atoms with Crippen LogP contribution in [0, 0.1) is 0 Å². The predicted octanol–water partition coefficient (Wildman–Crippen LogP) is 2.45. The predicted molar refractivity (Wildman–Crippen MR) is 81.0 cm³/mol. The van der Waals surface area contributed by atoms with E-state index >= 15 is 0 Å². The van der Waals surface area contributed by atoms with Gasteiger partial charge in [-0.15, -0.1) is 0 Å². The minimum Gasteiger partial charge on any atom is -0.480 e. The number of aliphatic carboxylic acids is 1. The van der Waals surface area contributed by atoms with Gasteiger partial charge < -0.3 is 15.3 Å². The number of hydrogen-bond donors (Lipinski definition) is 2. The standard InChI is InChI=1S/C16H18N2O3/c1-11(15(19)20)18(2)16(21)17-10-13-8-5-7-12-6-3-4-9-14(12)13/h3-9,11H,10H2,1-2H3,(H,17,21)(H,19,20). The third-order valence-electron chi connectivity index (χ3n) is 3.57. The lowest BCUT2D eigenvalue weighted by Crippen LogP contribution is -2.45. The SMILES string of the molecule is CC(C(=O)O)N(C)C(=O)NCc1cccc2ccccc12. The number of nitrogens with one attached hydrogen (secondary N) is 1. The van der Waals surface area contributed by atoms with Crippen LogP contribution in [0.5, 0.6) is 0 Å². The average Bonchev–Trinajstić information content (AvgIpc) is 2.50. The molecule has 5 heteroatoms. The fourth-order valence-corrected chi connectivity index (χ4v) is 2.08. The Hall–Kier alpha value is -2.56. The Morgan fingerprint density at radius 2 is 1.86 bits per heavy atom. The second kappa shape index (κ2) is 6.26. The van der Waals surface area contributed by atoms with Crippen LogP contribution in [-0.2, 0) is 11.3 Å². The van der Waals surface area contributed by atoms with E-state index in [9.17, 15) is 9.59 Å². The van der Waals surface area contributed by atoms with Crippen molar-refractivity contribution in [2.75, 3.05) is 7.05 Å². The third kappa shape index (κ3) is 3.31. The highest BCUT2D eigenvalue weighted by Crippen LogP contribution is 2.18. The van der Waals surface area contributed by atoms with Gasteiger partial charge in [0, 0.05) is 13.6 Å². The summed E-state index contributed by atoms with van der Waals surface area (Å²) >= 11 is 0. The number of carboxylic acids is 1. The van der Waals surface area contributed by atoms with E-state index in [0.717, 1.165) is 16.3 Å². The van der Waals surface area contributed by atoms with E-state index < -0.39 is 18.0 Å². The number of hydrogen-bond acceptors (Lipinski definition) is 2. The fourth-order valence-electron chi connectivity index (χ4n) is 2.08. The Morgan fingerprint density at radius 3 is 2.57 bits per heavy atom. The maximum absolute atomic E-state index is 11.9. The molecule has 0 aliphatic carbocycles. The summed E-state index contributed by atoms with van der Waals surface area (Å²) in [5.74, 6) is -1.03. The smallest absolute Gasteiger partial charge is 0.326 e. The zero-order valence-electron chi connectivity index (χ0n) is 12.0. The lowest BCUT2D eigenvalue weighted by Gasteiger charge is -2.22. The Kier molecular flexibility index (Phi) is 4.42. The van der Waals surface area contributed by atoms with E-state index in [1.54, 1.807) is 0 Å². The van der Waals surface area contributed by atoms with Crippen LogP contribution in [0.25, 0.3) is 10.8 Å². The molecule has 1 atom stereocenters. The number of nitrogens with zero attached hydrogens (tertiary/aromatic N) is 1. The van der Waals surface area contributed by atoms with Crippen molar-refractivity contribution in [3.63, 3.8) is 0 Å². The molecule has 0 radical (unpaired) electrons. The topological polar surface area (TPSA) is 69.6 Å². The normalized spacial score (nSPS) is 11.9. The number of likely N-dealkylation sites (N-methyl/N-ethyl adjacent to an activating group) is 1. The highest BCUT2D eigenvalue weighted by atomic mass is 16.4. The molecule has 0 spiro atoms. The largest absolute Gasteiger partial charge is 0.480 e. The van der Waals surface area contributed by atoms with Crippen LogP contribution in [0.2, 0.25) is 0 Å². The van der Waals surface area contributed by atoms with Crippen LogP contribution in [0.3, 0.4) is 0 Å². The minimum absolute atomic E-state index is 0.358. The van der Waals surface area contributed by atoms with Gasteiger partial charge in [0.25, 0.3) is 0 Å². The van der Waals surface area contributed by atoms with Crippen molar-refractivity contribution in [2.24, 2.45) is 0 Å². The maximum Gasteiger partial charge on any atom is 0.326 e. The van der Waals surface area contributed by atoms with E-state index in [4.69, 9.17) is 5.11 Å². The molecule has 0 bridgehead atoms. The zero-order valence-corrected chi connectivity index (χ0v) is 12.0. The first kappa shape index (κ1) is 14.8. The molecule has 0 saturated carbocycles. The van der Waals surface area contributed by atoms with E-state index in [0.29, 0.717) is 6.54 Å². The van der Waals surface area contributed by atoms with Gasteiger partial charge >= 0.3 is 12.0 Å². The zero-order chi connectivity index (χ0) is 15.4. The van der Waals surface area contributed by atoms with Gasteiger partial charge in [0.05, 0.1) is 0 Å². The van der Waals surface area contributed by atoms with Gasteiger partial charge in [0.15, 0.2) is 0 Å². The van der Waals surface area contributed by atoms with Crippen LogP contribution in [0.4, 0.5) is 4.79 Å². The summed E-state index contributed by atoms with van der Waals surface area (Å²) in [4.78, 5) is 24.0. The first-order valence-corrected chi connectivity index (χ1v) is 6.71. The Bertz CT molecular complexity index is 664. The van der Waals surface area contributed by atoms with Gasteiger partial charge in [0.1, 0.15) is 6.04 Å². The quantitative estimate of drug-likeness (QED) is 0.907. The van der Waals surface area contributed by atoms with Crippen LogP contribution < -0.4 is 5.32 Å². The van der Waals surface area contributed by atoms with Gasteiger partial charge in [0.2, 0.25) is 0 Å². The summed E-state index contributed by atoms with van der Waals surface area (Å²) in [5.41, 5.74) is 0.998. The molecule has 21 heavy (non-hydrogen) atoms. The second-order valence-corrected chi connectivity index (χ2v) is 4.92. The van der Waals surface area contributed by atoms with E-state index in [-0.39, 0.29) is 0 Å². The van der Waals surface area contributed by atoms with Crippen LogP contribution >= 0.6 is 0 Å². The lowest BCUT2D eigenvalue weighted by molar-refractivity contribution is -0.141. The molecule has 110 valence electrons. The highest BCUT2D eigenvalue weighted by Gasteiger charge is 2.21. The molecular weight excluding hydrogens is 268 g/mol. The molecule has 2 aromatic rings. The molecule has 2 aromatic carbocycles. The first-order valence-electron chi connectivity index (χ1n) is 6.71. The Morgan fingerprint density at radius 1 is 1.19 bits per heavy atom. The number of carboxylic acid groups (broad SMARTS) is 1. The molecule has 0 aromatic heterocycles. The fraction of sp³-hybridized carbons (Fsp3) is 0.250. The molecular formula is C16H18N2O3. The summed E-state index contributed by atoms with van der Waals surface area (Å²) in [7, 11) is 1.47. The summed E-state index contributed by atoms with van der Waals surface area (Å²) < 4.78 is 0. The average molecular weight is 286 g/mol. The van der Waals surface area contributed by atoms with Gasteiger partial charge in [-0.1, -0.05) is 42.5 Å². The number of rotatable bonds is 4. The van der Waals surface area contributed by atoms with Crippen LogP contribution in [0.15, 0.2) is 42.5 Å². The Balaban J connectivity index is 2.08. The monoisotopic (exact) mass is 286 g/mol. The molecule has 0 saturated heterocycles. The summed E-state index contributed by atoms with van der Waals surface area (Å²) in [6, 6.07) is 12.6. The van der Waals surface area contributed by atoms with Crippen LogP contribution in [-0.4, -0.2) is 35.1 Å². The number of urea groups is 1. The summed E-state index contributed by atoms with van der Waals surface area (Å²) in [6.45, 7) is 1.83. The van der Waals surface area contributed by atoms with Gasteiger partial charge in [-0.3, -0.25) is 0 Å².